The van der Waals surface area contributed by atoms with Crippen LogP contribution in [0.4, 0.5) is 0 Å². The van der Waals surface area contributed by atoms with Crippen molar-refractivity contribution in [2.75, 3.05) is 13.1 Å². The molecule has 118 valence electrons. The Kier molecular flexibility index (Phi) is 3.53. The van der Waals surface area contributed by atoms with Gasteiger partial charge < -0.3 is 9.42 Å². The summed E-state index contributed by atoms with van der Waals surface area (Å²) >= 11 is 0. The lowest BCUT2D eigenvalue weighted by Gasteiger charge is -2.31. The third-order valence-electron chi connectivity index (χ3n) is 4.40. The molecule has 0 atom stereocenters. The Morgan fingerprint density at radius 1 is 1.26 bits per heavy atom. The fourth-order valence-corrected chi connectivity index (χ4v) is 3.11. The van der Waals surface area contributed by atoms with E-state index >= 15 is 0 Å². The molecule has 4 rings (SSSR count). The van der Waals surface area contributed by atoms with Crippen LogP contribution >= 0.6 is 0 Å². The van der Waals surface area contributed by atoms with Gasteiger partial charge in [0.25, 0.3) is 0 Å². The number of para-hydroxylation sites is 1. The van der Waals surface area contributed by atoms with E-state index in [-0.39, 0.29) is 12.3 Å². The standard InChI is InChI=1S/C16H17N5O2/c22-16(11-14-13-3-1-2-4-15(13)23-18-14)20-8-5-12(6-9-20)21-10-7-17-19-21/h1-4,7,10,12H,5-6,8-9,11H2. The number of amides is 1. The highest BCUT2D eigenvalue weighted by Gasteiger charge is 2.25. The number of nitrogens with zero attached hydrogens (tertiary/aromatic N) is 5. The number of benzene rings is 1. The smallest absolute Gasteiger partial charge is 0.228 e. The number of hydrogen-bond donors (Lipinski definition) is 0. The van der Waals surface area contributed by atoms with E-state index in [1.165, 1.54) is 0 Å². The topological polar surface area (TPSA) is 77.0 Å². The summed E-state index contributed by atoms with van der Waals surface area (Å²) in [6.07, 6.45) is 5.64. The second kappa shape index (κ2) is 5.83. The van der Waals surface area contributed by atoms with Crippen molar-refractivity contribution >= 4 is 16.9 Å². The highest BCUT2D eigenvalue weighted by molar-refractivity contribution is 5.86. The van der Waals surface area contributed by atoms with Crippen molar-refractivity contribution in [2.24, 2.45) is 0 Å². The quantitative estimate of drug-likeness (QED) is 0.737. The van der Waals surface area contributed by atoms with Crippen LogP contribution in [0.25, 0.3) is 11.0 Å². The Hall–Kier alpha value is -2.70. The van der Waals surface area contributed by atoms with Crippen LogP contribution in [0.3, 0.4) is 0 Å². The van der Waals surface area contributed by atoms with E-state index in [4.69, 9.17) is 4.52 Å². The Balaban J connectivity index is 1.40. The van der Waals surface area contributed by atoms with Crippen LogP contribution in [-0.4, -0.2) is 44.0 Å². The monoisotopic (exact) mass is 311 g/mol. The van der Waals surface area contributed by atoms with Gasteiger partial charge in [-0.3, -0.25) is 4.79 Å². The van der Waals surface area contributed by atoms with Crippen LogP contribution in [0.2, 0.25) is 0 Å². The van der Waals surface area contributed by atoms with Crippen LogP contribution in [0.1, 0.15) is 24.6 Å². The Morgan fingerprint density at radius 2 is 2.09 bits per heavy atom. The van der Waals surface area contributed by atoms with Crippen molar-refractivity contribution < 1.29 is 9.32 Å². The average Bonchev–Trinajstić information content (AvgIpc) is 3.25. The van der Waals surface area contributed by atoms with E-state index in [1.54, 1.807) is 6.20 Å². The molecule has 0 unspecified atom stereocenters. The molecule has 1 amide bonds. The van der Waals surface area contributed by atoms with Crippen molar-refractivity contribution in [3.63, 3.8) is 0 Å². The third-order valence-corrected chi connectivity index (χ3v) is 4.40. The SMILES string of the molecule is O=C(Cc1noc2ccccc12)N1CCC(n2ccnn2)CC1. The van der Waals surface area contributed by atoms with Crippen molar-refractivity contribution in [1.82, 2.24) is 25.1 Å². The van der Waals surface area contributed by atoms with E-state index in [0.29, 0.717) is 11.7 Å². The molecule has 1 aromatic carbocycles. The van der Waals surface area contributed by atoms with Crippen molar-refractivity contribution in [3.05, 3.63) is 42.4 Å². The molecular formula is C16H17N5O2. The second-order valence-corrected chi connectivity index (χ2v) is 5.80. The molecule has 1 saturated heterocycles. The van der Waals surface area contributed by atoms with E-state index in [2.05, 4.69) is 15.5 Å². The fourth-order valence-electron chi connectivity index (χ4n) is 3.11. The maximum Gasteiger partial charge on any atom is 0.228 e. The van der Waals surface area contributed by atoms with Gasteiger partial charge in [0, 0.05) is 24.7 Å². The summed E-state index contributed by atoms with van der Waals surface area (Å²) in [5.41, 5.74) is 1.43. The first-order valence-electron chi connectivity index (χ1n) is 7.78. The number of rotatable bonds is 3. The summed E-state index contributed by atoms with van der Waals surface area (Å²) in [5, 5.41) is 12.8. The molecule has 7 nitrogen and oxygen atoms in total. The summed E-state index contributed by atoms with van der Waals surface area (Å²) in [6.45, 7) is 1.47. The number of piperidine rings is 1. The normalized spacial score (nSPS) is 16.1. The minimum absolute atomic E-state index is 0.0982. The number of carbonyl (C=O) groups excluding carboxylic acids is 1. The molecule has 7 heteroatoms. The Morgan fingerprint density at radius 3 is 2.87 bits per heavy atom. The highest BCUT2D eigenvalue weighted by Crippen LogP contribution is 2.23. The first kappa shape index (κ1) is 13.9. The maximum absolute atomic E-state index is 12.5. The number of fused-ring (bicyclic) bond motifs is 1. The molecule has 3 heterocycles. The van der Waals surface area contributed by atoms with E-state index in [9.17, 15) is 4.79 Å². The summed E-state index contributed by atoms with van der Waals surface area (Å²) in [5.74, 6) is 0.0982. The summed E-state index contributed by atoms with van der Waals surface area (Å²) in [6, 6.07) is 7.95. The summed E-state index contributed by atoms with van der Waals surface area (Å²) in [4.78, 5) is 14.4. The number of hydrogen-bond acceptors (Lipinski definition) is 5. The largest absolute Gasteiger partial charge is 0.356 e. The minimum Gasteiger partial charge on any atom is -0.356 e. The van der Waals surface area contributed by atoms with Crippen LogP contribution in [0.5, 0.6) is 0 Å². The molecule has 0 aliphatic carbocycles. The second-order valence-electron chi connectivity index (χ2n) is 5.80. The van der Waals surface area contributed by atoms with Crippen LogP contribution in [0.15, 0.2) is 41.2 Å². The lowest BCUT2D eigenvalue weighted by molar-refractivity contribution is -0.131. The molecule has 1 fully saturated rings. The molecule has 1 aliphatic heterocycles. The Labute approximate surface area is 132 Å². The molecule has 0 saturated carbocycles. The van der Waals surface area contributed by atoms with Gasteiger partial charge in [0.2, 0.25) is 5.91 Å². The van der Waals surface area contributed by atoms with Gasteiger partial charge in [0.15, 0.2) is 5.58 Å². The van der Waals surface area contributed by atoms with Crippen molar-refractivity contribution in [1.29, 1.82) is 0 Å². The van der Waals surface area contributed by atoms with Gasteiger partial charge in [0.05, 0.1) is 18.7 Å². The van der Waals surface area contributed by atoms with Crippen LogP contribution < -0.4 is 0 Å². The molecule has 1 aliphatic rings. The first-order valence-corrected chi connectivity index (χ1v) is 7.78. The predicted octanol–water partition coefficient (Wildman–Crippen LogP) is 1.83. The highest BCUT2D eigenvalue weighted by atomic mass is 16.5. The number of likely N-dealkylation sites (tertiary alicyclic amines) is 1. The van der Waals surface area contributed by atoms with Gasteiger partial charge in [-0.15, -0.1) is 5.10 Å². The van der Waals surface area contributed by atoms with E-state index < -0.39 is 0 Å². The van der Waals surface area contributed by atoms with Gasteiger partial charge in [-0.05, 0) is 25.0 Å². The third kappa shape index (κ3) is 2.69. The van der Waals surface area contributed by atoms with Gasteiger partial charge in [-0.1, -0.05) is 22.5 Å². The predicted molar refractivity (Wildman–Crippen MR) is 82.6 cm³/mol. The minimum atomic E-state index is 0.0982. The molecule has 0 N–H and O–H groups in total. The summed E-state index contributed by atoms with van der Waals surface area (Å²) in [7, 11) is 0. The maximum atomic E-state index is 12.5. The number of aromatic nitrogens is 4. The zero-order chi connectivity index (χ0) is 15.6. The zero-order valence-corrected chi connectivity index (χ0v) is 12.6. The van der Waals surface area contributed by atoms with Gasteiger partial charge in [-0.2, -0.15) is 0 Å². The van der Waals surface area contributed by atoms with Gasteiger partial charge in [0.1, 0.15) is 5.69 Å². The number of carbonyl (C=O) groups is 1. The van der Waals surface area contributed by atoms with E-state index in [0.717, 1.165) is 36.9 Å². The fraction of sp³-hybridized carbons (Fsp3) is 0.375. The lowest BCUT2D eigenvalue weighted by Crippen LogP contribution is -2.40. The molecule has 2 aromatic heterocycles. The van der Waals surface area contributed by atoms with Crippen LogP contribution in [0, 0.1) is 0 Å². The zero-order valence-electron chi connectivity index (χ0n) is 12.6. The van der Waals surface area contributed by atoms with Gasteiger partial charge >= 0.3 is 0 Å². The molecule has 0 radical (unpaired) electrons. The van der Waals surface area contributed by atoms with Crippen LogP contribution in [-0.2, 0) is 11.2 Å². The Bertz CT molecular complexity index is 803. The van der Waals surface area contributed by atoms with Crippen molar-refractivity contribution in [2.45, 2.75) is 25.3 Å². The molecule has 23 heavy (non-hydrogen) atoms. The molecule has 0 spiro atoms. The molecular weight excluding hydrogens is 294 g/mol. The van der Waals surface area contributed by atoms with E-state index in [1.807, 2.05) is 40.0 Å². The molecule has 0 bridgehead atoms. The summed E-state index contributed by atoms with van der Waals surface area (Å²) < 4.78 is 7.15. The lowest BCUT2D eigenvalue weighted by atomic mass is 10.0. The average molecular weight is 311 g/mol. The molecule has 3 aromatic rings. The van der Waals surface area contributed by atoms with Gasteiger partial charge in [-0.25, -0.2) is 4.68 Å². The first-order chi connectivity index (χ1) is 11.3. The van der Waals surface area contributed by atoms with Crippen molar-refractivity contribution in [3.8, 4) is 0 Å².